The number of ether oxygens (including phenoxy) is 2. The first-order valence-corrected chi connectivity index (χ1v) is 11.2. The zero-order chi connectivity index (χ0) is 20.9. The fourth-order valence-corrected chi connectivity index (χ4v) is 3.82. The van der Waals surface area contributed by atoms with Crippen molar-refractivity contribution in [3.05, 3.63) is 0 Å². The molecule has 0 radical (unpaired) electrons. The van der Waals surface area contributed by atoms with Crippen LogP contribution in [0.15, 0.2) is 4.99 Å². The van der Waals surface area contributed by atoms with Gasteiger partial charge in [-0.1, -0.05) is 0 Å². The standard InChI is InChI=1S/C21H41N5O3.HI/c1-4-22-21(24-11-7-14-28-16-18-9-15-29-17-18)23-10-6-13-26-12-5-8-19(26)20(27)25(2)3;/h18-19H,4-17H2,1-3H3,(H2,22,23,24);1H. The molecule has 30 heavy (non-hydrogen) atoms. The highest BCUT2D eigenvalue weighted by Gasteiger charge is 2.30. The van der Waals surface area contributed by atoms with Crippen LogP contribution in [0, 0.1) is 5.92 Å². The highest BCUT2D eigenvalue weighted by Crippen LogP contribution is 2.18. The van der Waals surface area contributed by atoms with E-state index in [1.165, 1.54) is 0 Å². The number of halogens is 1. The average Bonchev–Trinajstić information content (AvgIpc) is 3.38. The second kappa shape index (κ2) is 16.0. The number of carbonyl (C=O) groups is 1. The Morgan fingerprint density at radius 2 is 2.10 bits per heavy atom. The van der Waals surface area contributed by atoms with Crippen molar-refractivity contribution < 1.29 is 14.3 Å². The predicted molar refractivity (Wildman–Crippen MR) is 132 cm³/mol. The fourth-order valence-electron chi connectivity index (χ4n) is 3.82. The van der Waals surface area contributed by atoms with Gasteiger partial charge >= 0.3 is 0 Å². The van der Waals surface area contributed by atoms with Gasteiger partial charge in [0.15, 0.2) is 5.96 Å². The van der Waals surface area contributed by atoms with Gasteiger partial charge in [0.05, 0.1) is 19.3 Å². The lowest BCUT2D eigenvalue weighted by atomic mass is 10.1. The lowest BCUT2D eigenvalue weighted by molar-refractivity contribution is -0.133. The molecule has 0 saturated carbocycles. The number of guanidine groups is 1. The van der Waals surface area contributed by atoms with Gasteiger partial charge in [-0.3, -0.25) is 14.7 Å². The van der Waals surface area contributed by atoms with Crippen LogP contribution in [0.4, 0.5) is 0 Å². The molecule has 2 unspecified atom stereocenters. The van der Waals surface area contributed by atoms with Crippen molar-refractivity contribution in [3.63, 3.8) is 0 Å². The summed E-state index contributed by atoms with van der Waals surface area (Å²) in [5, 5.41) is 6.70. The molecule has 2 heterocycles. The lowest BCUT2D eigenvalue weighted by Gasteiger charge is -2.26. The quantitative estimate of drug-likeness (QED) is 0.170. The van der Waals surface area contributed by atoms with E-state index in [9.17, 15) is 4.79 Å². The number of hydrogen-bond acceptors (Lipinski definition) is 5. The molecule has 0 spiro atoms. The smallest absolute Gasteiger partial charge is 0.239 e. The molecule has 176 valence electrons. The van der Waals surface area contributed by atoms with E-state index in [0.29, 0.717) is 5.92 Å². The molecule has 1 amide bonds. The van der Waals surface area contributed by atoms with Gasteiger partial charge in [0.1, 0.15) is 0 Å². The molecular formula is C21H42IN5O3. The molecule has 0 bridgehead atoms. The third-order valence-corrected chi connectivity index (χ3v) is 5.44. The highest BCUT2D eigenvalue weighted by atomic mass is 127. The summed E-state index contributed by atoms with van der Waals surface area (Å²) >= 11 is 0. The summed E-state index contributed by atoms with van der Waals surface area (Å²) in [6.07, 6.45) is 5.12. The maximum Gasteiger partial charge on any atom is 0.239 e. The van der Waals surface area contributed by atoms with Crippen molar-refractivity contribution in [1.82, 2.24) is 20.4 Å². The summed E-state index contributed by atoms with van der Waals surface area (Å²) < 4.78 is 11.1. The largest absolute Gasteiger partial charge is 0.381 e. The number of aliphatic imine (C=N–C) groups is 1. The van der Waals surface area contributed by atoms with Gasteiger partial charge in [-0.25, -0.2) is 0 Å². The molecule has 9 heteroatoms. The van der Waals surface area contributed by atoms with Crippen LogP contribution in [-0.4, -0.2) is 101 Å². The van der Waals surface area contributed by atoms with E-state index in [-0.39, 0.29) is 35.9 Å². The average molecular weight is 540 g/mol. The fraction of sp³-hybridized carbons (Fsp3) is 0.905. The summed E-state index contributed by atoms with van der Waals surface area (Å²) in [6.45, 7) is 9.74. The minimum atomic E-state index is 0. The molecule has 2 saturated heterocycles. The monoisotopic (exact) mass is 539 g/mol. The zero-order valence-corrected chi connectivity index (χ0v) is 21.4. The molecule has 2 aliphatic heterocycles. The van der Waals surface area contributed by atoms with Crippen molar-refractivity contribution >= 4 is 35.8 Å². The molecule has 0 aromatic heterocycles. The van der Waals surface area contributed by atoms with Crippen LogP contribution in [-0.2, 0) is 14.3 Å². The van der Waals surface area contributed by atoms with Crippen molar-refractivity contribution in [1.29, 1.82) is 0 Å². The van der Waals surface area contributed by atoms with E-state index >= 15 is 0 Å². The minimum absolute atomic E-state index is 0. The normalized spacial score (nSPS) is 22.0. The van der Waals surface area contributed by atoms with Crippen LogP contribution in [0.1, 0.15) is 39.0 Å². The van der Waals surface area contributed by atoms with Crippen LogP contribution < -0.4 is 10.6 Å². The van der Waals surface area contributed by atoms with Crippen molar-refractivity contribution in [2.75, 3.05) is 73.2 Å². The van der Waals surface area contributed by atoms with E-state index in [1.807, 2.05) is 14.1 Å². The summed E-state index contributed by atoms with van der Waals surface area (Å²) in [5.41, 5.74) is 0. The first kappa shape index (κ1) is 27.4. The maximum atomic E-state index is 12.3. The Morgan fingerprint density at radius 1 is 1.27 bits per heavy atom. The number of likely N-dealkylation sites (tertiary alicyclic amines) is 1. The van der Waals surface area contributed by atoms with E-state index in [2.05, 4.69) is 27.4 Å². The molecule has 8 nitrogen and oxygen atoms in total. The SMILES string of the molecule is CCNC(=NCCCOCC1CCOC1)NCCCN1CCCC1C(=O)N(C)C.I. The number of nitrogens with one attached hydrogen (secondary N) is 2. The Hall–Kier alpha value is -0.650. The summed E-state index contributed by atoms with van der Waals surface area (Å²) in [6, 6.07) is 0.0581. The van der Waals surface area contributed by atoms with Crippen molar-refractivity contribution in [2.45, 2.75) is 45.1 Å². The second-order valence-electron chi connectivity index (χ2n) is 8.13. The van der Waals surface area contributed by atoms with Gasteiger partial charge in [0, 0.05) is 59.4 Å². The first-order valence-electron chi connectivity index (χ1n) is 11.2. The third-order valence-electron chi connectivity index (χ3n) is 5.44. The number of nitrogens with zero attached hydrogens (tertiary/aromatic N) is 3. The predicted octanol–water partition coefficient (Wildman–Crippen LogP) is 1.55. The van der Waals surface area contributed by atoms with Crippen LogP contribution in [0.2, 0.25) is 0 Å². The van der Waals surface area contributed by atoms with Gasteiger partial charge in [-0.2, -0.15) is 0 Å². The van der Waals surface area contributed by atoms with Crippen LogP contribution in [0.5, 0.6) is 0 Å². The number of likely N-dealkylation sites (N-methyl/N-ethyl adjacent to an activating group) is 1. The molecule has 0 aliphatic carbocycles. The topological polar surface area (TPSA) is 78.4 Å². The second-order valence-corrected chi connectivity index (χ2v) is 8.13. The van der Waals surface area contributed by atoms with Gasteiger partial charge < -0.3 is 25.0 Å². The van der Waals surface area contributed by atoms with Crippen molar-refractivity contribution in [2.24, 2.45) is 10.9 Å². The Kier molecular flexibility index (Phi) is 14.6. The van der Waals surface area contributed by atoms with Gasteiger partial charge in [0.25, 0.3) is 0 Å². The zero-order valence-electron chi connectivity index (χ0n) is 19.0. The summed E-state index contributed by atoms with van der Waals surface area (Å²) in [4.78, 5) is 20.9. The van der Waals surface area contributed by atoms with Gasteiger partial charge in [-0.15, -0.1) is 24.0 Å². The maximum absolute atomic E-state index is 12.3. The number of carbonyl (C=O) groups excluding carboxylic acids is 1. The molecule has 0 aromatic carbocycles. The lowest BCUT2D eigenvalue weighted by Crippen LogP contribution is -2.44. The van der Waals surface area contributed by atoms with E-state index in [4.69, 9.17) is 9.47 Å². The van der Waals surface area contributed by atoms with E-state index in [1.54, 1.807) is 4.90 Å². The third kappa shape index (κ3) is 10.1. The summed E-state index contributed by atoms with van der Waals surface area (Å²) in [5.74, 6) is 1.66. The minimum Gasteiger partial charge on any atom is -0.381 e. The first-order chi connectivity index (χ1) is 14.1. The van der Waals surface area contributed by atoms with Crippen molar-refractivity contribution in [3.8, 4) is 0 Å². The van der Waals surface area contributed by atoms with Gasteiger partial charge in [-0.05, 0) is 45.6 Å². The molecule has 2 aliphatic rings. The Balaban J connectivity index is 0.00000450. The van der Waals surface area contributed by atoms with E-state index in [0.717, 1.165) is 97.2 Å². The molecule has 0 aromatic rings. The molecule has 2 rings (SSSR count). The molecule has 2 atom stereocenters. The van der Waals surface area contributed by atoms with Crippen LogP contribution >= 0.6 is 24.0 Å². The molecule has 2 fully saturated rings. The van der Waals surface area contributed by atoms with Crippen LogP contribution in [0.25, 0.3) is 0 Å². The highest BCUT2D eigenvalue weighted by molar-refractivity contribution is 14.0. The molecular weight excluding hydrogens is 497 g/mol. The Bertz CT molecular complexity index is 501. The number of rotatable bonds is 12. The molecule has 2 N–H and O–H groups in total. The van der Waals surface area contributed by atoms with E-state index < -0.39 is 0 Å². The Labute approximate surface area is 199 Å². The van der Waals surface area contributed by atoms with Crippen LogP contribution in [0.3, 0.4) is 0 Å². The summed E-state index contributed by atoms with van der Waals surface area (Å²) in [7, 11) is 3.68. The van der Waals surface area contributed by atoms with Gasteiger partial charge in [0.2, 0.25) is 5.91 Å². The number of hydrogen-bond donors (Lipinski definition) is 2. The number of amides is 1. The Morgan fingerprint density at radius 3 is 2.80 bits per heavy atom.